The van der Waals surface area contributed by atoms with Gasteiger partial charge in [-0.2, -0.15) is 0 Å². The first kappa shape index (κ1) is 15.5. The summed E-state index contributed by atoms with van der Waals surface area (Å²) in [5, 5.41) is 3.54. The predicted octanol–water partition coefficient (Wildman–Crippen LogP) is 2.62. The largest absolute Gasteiger partial charge is 0.372 e. The maximum Gasteiger partial charge on any atom is 0.0952 e. The molecule has 20 heavy (non-hydrogen) atoms. The lowest BCUT2D eigenvalue weighted by molar-refractivity contribution is 0.0422. The van der Waals surface area contributed by atoms with Crippen LogP contribution in [0.2, 0.25) is 0 Å². The fraction of sp³-hybridized carbons (Fsp3) is 0.647. The molecule has 0 aromatic heterocycles. The van der Waals surface area contributed by atoms with Crippen LogP contribution in [0.3, 0.4) is 0 Å². The van der Waals surface area contributed by atoms with Gasteiger partial charge in [-0.1, -0.05) is 31.2 Å². The van der Waals surface area contributed by atoms with Crippen LogP contribution < -0.4 is 5.32 Å². The zero-order valence-electron chi connectivity index (χ0n) is 13.1. The third kappa shape index (κ3) is 4.05. The SMILES string of the molecule is CCC(C)N(C)CCNCC1OCCc2ccccc21. The van der Waals surface area contributed by atoms with E-state index in [2.05, 4.69) is 55.4 Å². The van der Waals surface area contributed by atoms with Crippen molar-refractivity contribution in [2.75, 3.05) is 33.3 Å². The molecule has 1 aliphatic heterocycles. The van der Waals surface area contributed by atoms with Gasteiger partial charge in [-0.15, -0.1) is 0 Å². The van der Waals surface area contributed by atoms with Crippen LogP contribution in [0.1, 0.15) is 37.5 Å². The summed E-state index contributed by atoms with van der Waals surface area (Å²) in [5.74, 6) is 0. The molecule has 0 fully saturated rings. The predicted molar refractivity (Wildman–Crippen MR) is 84.1 cm³/mol. The molecule has 0 aliphatic carbocycles. The zero-order valence-corrected chi connectivity index (χ0v) is 13.1. The number of fused-ring (bicyclic) bond motifs is 1. The van der Waals surface area contributed by atoms with E-state index in [9.17, 15) is 0 Å². The van der Waals surface area contributed by atoms with Crippen LogP contribution in [0.25, 0.3) is 0 Å². The molecule has 2 atom stereocenters. The molecule has 1 aromatic rings. The summed E-state index contributed by atoms with van der Waals surface area (Å²) in [5.41, 5.74) is 2.81. The molecule has 0 saturated carbocycles. The van der Waals surface area contributed by atoms with Gasteiger partial charge in [0, 0.05) is 25.7 Å². The molecule has 3 nitrogen and oxygen atoms in total. The molecular weight excluding hydrogens is 248 g/mol. The summed E-state index contributed by atoms with van der Waals surface area (Å²) in [6.45, 7) is 8.37. The summed E-state index contributed by atoms with van der Waals surface area (Å²) < 4.78 is 5.90. The van der Waals surface area contributed by atoms with E-state index in [0.717, 1.165) is 32.7 Å². The fourth-order valence-electron chi connectivity index (χ4n) is 2.67. The van der Waals surface area contributed by atoms with E-state index in [-0.39, 0.29) is 6.10 Å². The number of hydrogen-bond donors (Lipinski definition) is 1. The lowest BCUT2D eigenvalue weighted by Gasteiger charge is -2.27. The van der Waals surface area contributed by atoms with Crippen LogP contribution in [-0.4, -0.2) is 44.2 Å². The molecule has 0 radical (unpaired) electrons. The van der Waals surface area contributed by atoms with Crippen molar-refractivity contribution >= 4 is 0 Å². The Morgan fingerprint density at radius 1 is 1.40 bits per heavy atom. The Kier molecular flexibility index (Phi) is 6.02. The van der Waals surface area contributed by atoms with Gasteiger partial charge in [0.05, 0.1) is 12.7 Å². The van der Waals surface area contributed by atoms with Crippen molar-refractivity contribution in [2.45, 2.75) is 38.8 Å². The highest BCUT2D eigenvalue weighted by Crippen LogP contribution is 2.25. The quantitative estimate of drug-likeness (QED) is 0.775. The molecule has 0 spiro atoms. The van der Waals surface area contributed by atoms with Crippen molar-refractivity contribution in [1.82, 2.24) is 10.2 Å². The van der Waals surface area contributed by atoms with E-state index < -0.39 is 0 Å². The van der Waals surface area contributed by atoms with E-state index in [1.807, 2.05) is 0 Å². The second kappa shape index (κ2) is 7.77. The number of rotatable bonds is 7. The average molecular weight is 276 g/mol. The maximum absolute atomic E-state index is 5.90. The van der Waals surface area contributed by atoms with E-state index in [1.54, 1.807) is 0 Å². The van der Waals surface area contributed by atoms with Crippen LogP contribution in [0, 0.1) is 0 Å². The fourth-order valence-corrected chi connectivity index (χ4v) is 2.67. The van der Waals surface area contributed by atoms with Crippen LogP contribution in [0.15, 0.2) is 24.3 Å². The second-order valence-electron chi connectivity index (χ2n) is 5.75. The van der Waals surface area contributed by atoms with Crippen molar-refractivity contribution in [3.63, 3.8) is 0 Å². The molecule has 2 unspecified atom stereocenters. The Bertz CT molecular complexity index is 408. The van der Waals surface area contributed by atoms with Crippen LogP contribution in [0.4, 0.5) is 0 Å². The molecule has 112 valence electrons. The number of likely N-dealkylation sites (N-methyl/N-ethyl adjacent to an activating group) is 1. The highest BCUT2D eigenvalue weighted by atomic mass is 16.5. The molecule has 2 rings (SSSR count). The topological polar surface area (TPSA) is 24.5 Å². The van der Waals surface area contributed by atoms with Gasteiger partial charge < -0.3 is 15.0 Å². The number of hydrogen-bond acceptors (Lipinski definition) is 3. The van der Waals surface area contributed by atoms with E-state index in [0.29, 0.717) is 6.04 Å². The lowest BCUT2D eigenvalue weighted by Crippen LogP contribution is -2.37. The number of benzene rings is 1. The van der Waals surface area contributed by atoms with E-state index in [4.69, 9.17) is 4.74 Å². The van der Waals surface area contributed by atoms with Crippen molar-refractivity contribution in [3.05, 3.63) is 35.4 Å². The standard InChI is InChI=1S/C17H28N2O/c1-4-14(2)19(3)11-10-18-13-17-16-8-6-5-7-15(16)9-12-20-17/h5-8,14,17-18H,4,9-13H2,1-3H3. The zero-order chi connectivity index (χ0) is 14.4. The first-order chi connectivity index (χ1) is 9.72. The minimum Gasteiger partial charge on any atom is -0.372 e. The minimum absolute atomic E-state index is 0.217. The summed E-state index contributed by atoms with van der Waals surface area (Å²) in [4.78, 5) is 2.41. The maximum atomic E-state index is 5.90. The number of ether oxygens (including phenoxy) is 1. The van der Waals surface area contributed by atoms with Gasteiger partial charge in [-0.05, 0) is 37.9 Å². The summed E-state index contributed by atoms with van der Waals surface area (Å²) in [6.07, 6.45) is 2.47. The summed E-state index contributed by atoms with van der Waals surface area (Å²) in [6, 6.07) is 9.31. The molecule has 1 N–H and O–H groups in total. The van der Waals surface area contributed by atoms with Gasteiger partial charge in [0.2, 0.25) is 0 Å². The van der Waals surface area contributed by atoms with Crippen molar-refractivity contribution in [2.24, 2.45) is 0 Å². The van der Waals surface area contributed by atoms with Gasteiger partial charge in [0.1, 0.15) is 0 Å². The van der Waals surface area contributed by atoms with Crippen molar-refractivity contribution in [1.29, 1.82) is 0 Å². The van der Waals surface area contributed by atoms with Gasteiger partial charge in [0.25, 0.3) is 0 Å². The molecule has 0 amide bonds. The van der Waals surface area contributed by atoms with E-state index >= 15 is 0 Å². The van der Waals surface area contributed by atoms with Gasteiger partial charge >= 0.3 is 0 Å². The Balaban J connectivity index is 1.76. The molecular formula is C17H28N2O. The first-order valence-electron chi connectivity index (χ1n) is 7.82. The van der Waals surface area contributed by atoms with E-state index in [1.165, 1.54) is 17.5 Å². The van der Waals surface area contributed by atoms with Crippen molar-refractivity contribution in [3.8, 4) is 0 Å². The van der Waals surface area contributed by atoms with Gasteiger partial charge in [-0.25, -0.2) is 0 Å². The van der Waals surface area contributed by atoms with Crippen LogP contribution in [0.5, 0.6) is 0 Å². The normalized spacial score (nSPS) is 19.9. The second-order valence-corrected chi connectivity index (χ2v) is 5.75. The molecule has 1 heterocycles. The monoisotopic (exact) mass is 276 g/mol. The third-order valence-electron chi connectivity index (χ3n) is 4.41. The highest BCUT2D eigenvalue weighted by Gasteiger charge is 2.19. The van der Waals surface area contributed by atoms with Gasteiger partial charge in [0.15, 0.2) is 0 Å². The Morgan fingerprint density at radius 2 is 2.20 bits per heavy atom. The Hall–Kier alpha value is -0.900. The number of nitrogens with zero attached hydrogens (tertiary/aromatic N) is 1. The molecule has 1 aromatic carbocycles. The molecule has 1 aliphatic rings. The molecule has 3 heteroatoms. The van der Waals surface area contributed by atoms with Gasteiger partial charge in [-0.3, -0.25) is 0 Å². The van der Waals surface area contributed by atoms with Crippen LogP contribution in [-0.2, 0) is 11.2 Å². The Labute approximate surface area is 123 Å². The van der Waals surface area contributed by atoms with Crippen LogP contribution >= 0.6 is 0 Å². The summed E-state index contributed by atoms with van der Waals surface area (Å²) >= 11 is 0. The minimum atomic E-state index is 0.217. The van der Waals surface area contributed by atoms with Crippen molar-refractivity contribution < 1.29 is 4.74 Å². The number of nitrogens with one attached hydrogen (secondary N) is 1. The lowest BCUT2D eigenvalue weighted by atomic mass is 9.97. The average Bonchev–Trinajstić information content (AvgIpc) is 2.50. The third-order valence-corrected chi connectivity index (χ3v) is 4.41. The highest BCUT2D eigenvalue weighted by molar-refractivity contribution is 5.31. The first-order valence-corrected chi connectivity index (χ1v) is 7.82. The Morgan fingerprint density at radius 3 is 3.00 bits per heavy atom. The molecule has 0 bridgehead atoms. The smallest absolute Gasteiger partial charge is 0.0952 e. The molecule has 0 saturated heterocycles. The summed E-state index contributed by atoms with van der Waals surface area (Å²) in [7, 11) is 2.20.